The maximum Gasteiger partial charge on any atom is 0.135 e. The third-order valence-electron chi connectivity index (χ3n) is 7.11. The highest BCUT2D eigenvalue weighted by atomic mass is 35.5. The average molecular weight is 470 g/mol. The lowest BCUT2D eigenvalue weighted by Crippen LogP contribution is -2.55. The number of nitrogens with two attached hydrogens (primary N) is 1. The summed E-state index contributed by atoms with van der Waals surface area (Å²) in [6.45, 7) is 5.59. The van der Waals surface area contributed by atoms with E-state index in [-0.39, 0.29) is 6.10 Å². The van der Waals surface area contributed by atoms with Gasteiger partial charge in [0.15, 0.2) is 0 Å². The molecule has 0 amide bonds. The summed E-state index contributed by atoms with van der Waals surface area (Å²) in [5, 5.41) is 13.8. The molecule has 2 atom stereocenters. The van der Waals surface area contributed by atoms with E-state index >= 15 is 0 Å². The van der Waals surface area contributed by atoms with Crippen LogP contribution in [-0.4, -0.2) is 69.6 Å². The van der Waals surface area contributed by atoms with E-state index in [2.05, 4.69) is 45.1 Å². The zero-order valence-corrected chi connectivity index (χ0v) is 20.1. The molecular formula is C24H32ClN7O. The van der Waals surface area contributed by atoms with Crippen LogP contribution in [0.4, 0.5) is 0 Å². The lowest BCUT2D eigenvalue weighted by Gasteiger charge is -2.46. The first kappa shape index (κ1) is 22.4. The van der Waals surface area contributed by atoms with Crippen molar-refractivity contribution in [2.24, 2.45) is 23.0 Å². The number of rotatable bonds is 4. The molecule has 2 fully saturated rings. The number of benzene rings is 1. The Morgan fingerprint density at radius 1 is 1.15 bits per heavy atom. The Hall–Kier alpha value is -2.42. The predicted molar refractivity (Wildman–Crippen MR) is 131 cm³/mol. The molecule has 176 valence electrons. The molecule has 8 nitrogen and oxygen atoms in total. The van der Waals surface area contributed by atoms with Gasteiger partial charge in [-0.15, -0.1) is 10.2 Å². The highest BCUT2D eigenvalue weighted by molar-refractivity contribution is 6.30. The minimum Gasteiger partial charge on any atom is -0.385 e. The van der Waals surface area contributed by atoms with Gasteiger partial charge in [0.05, 0.1) is 18.7 Å². The number of nitrogens with zero attached hydrogens (tertiary/aromatic N) is 6. The van der Waals surface area contributed by atoms with Crippen LogP contribution < -0.4 is 5.73 Å². The molecule has 33 heavy (non-hydrogen) atoms. The smallest absolute Gasteiger partial charge is 0.135 e. The van der Waals surface area contributed by atoms with Gasteiger partial charge in [-0.1, -0.05) is 23.7 Å². The summed E-state index contributed by atoms with van der Waals surface area (Å²) in [5.74, 6) is 1.62. The quantitative estimate of drug-likeness (QED) is 0.744. The Labute approximate surface area is 200 Å². The van der Waals surface area contributed by atoms with Gasteiger partial charge in [-0.2, -0.15) is 5.10 Å². The van der Waals surface area contributed by atoms with E-state index in [1.54, 1.807) is 0 Å². The maximum atomic E-state index is 6.37. The highest BCUT2D eigenvalue weighted by Gasteiger charge is 2.37. The van der Waals surface area contributed by atoms with Gasteiger partial charge in [0.1, 0.15) is 17.8 Å². The lowest BCUT2D eigenvalue weighted by atomic mass is 9.95. The van der Waals surface area contributed by atoms with E-state index in [0.29, 0.717) is 30.9 Å². The summed E-state index contributed by atoms with van der Waals surface area (Å²) in [6.07, 6.45) is 3.79. The number of halogens is 1. The number of ether oxygens (including phenoxy) is 1. The minimum atomic E-state index is -0.00296. The zero-order valence-electron chi connectivity index (χ0n) is 19.3. The Morgan fingerprint density at radius 2 is 1.91 bits per heavy atom. The van der Waals surface area contributed by atoms with Crippen LogP contribution in [0.1, 0.15) is 42.3 Å². The van der Waals surface area contributed by atoms with E-state index < -0.39 is 0 Å². The molecule has 0 bridgehead atoms. The molecule has 2 saturated heterocycles. The van der Waals surface area contributed by atoms with E-state index in [1.165, 1.54) is 5.56 Å². The van der Waals surface area contributed by atoms with Crippen molar-refractivity contribution in [3.63, 3.8) is 0 Å². The average Bonchev–Trinajstić information content (AvgIpc) is 3.41. The fourth-order valence-electron chi connectivity index (χ4n) is 5.14. The van der Waals surface area contributed by atoms with Crippen molar-refractivity contribution in [3.8, 4) is 0 Å². The second-order valence-corrected chi connectivity index (χ2v) is 9.78. The van der Waals surface area contributed by atoms with E-state index in [4.69, 9.17) is 27.2 Å². The van der Waals surface area contributed by atoms with Gasteiger partial charge in [-0.25, -0.2) is 0 Å². The molecule has 0 aliphatic carbocycles. The van der Waals surface area contributed by atoms with Gasteiger partial charge in [-0.3, -0.25) is 9.58 Å². The Bertz CT molecular complexity index is 1020. The van der Waals surface area contributed by atoms with Crippen molar-refractivity contribution in [1.29, 1.82) is 0 Å². The fraction of sp³-hybridized carbons (Fsp3) is 0.542. The summed E-state index contributed by atoms with van der Waals surface area (Å²) in [6, 6.07) is 11.2. The third-order valence-corrected chi connectivity index (χ3v) is 7.37. The molecular weight excluding hydrogens is 438 g/mol. The number of amidine groups is 2. The summed E-state index contributed by atoms with van der Waals surface area (Å²) in [5.41, 5.74) is 9.29. The van der Waals surface area contributed by atoms with Crippen LogP contribution in [0.3, 0.4) is 0 Å². The van der Waals surface area contributed by atoms with E-state index in [9.17, 15) is 0 Å². The molecule has 5 rings (SSSR count). The maximum absolute atomic E-state index is 6.37. The van der Waals surface area contributed by atoms with Crippen LogP contribution in [0.2, 0.25) is 5.02 Å². The molecule has 4 heterocycles. The largest absolute Gasteiger partial charge is 0.385 e. The van der Waals surface area contributed by atoms with Crippen molar-refractivity contribution in [2.75, 3.05) is 26.2 Å². The Balaban J connectivity index is 1.30. The van der Waals surface area contributed by atoms with Crippen molar-refractivity contribution in [1.82, 2.24) is 19.6 Å². The molecule has 2 aromatic rings. The van der Waals surface area contributed by atoms with Gasteiger partial charge in [0.2, 0.25) is 0 Å². The molecule has 0 saturated carbocycles. The second-order valence-electron chi connectivity index (χ2n) is 9.34. The highest BCUT2D eigenvalue weighted by Crippen LogP contribution is 2.31. The summed E-state index contributed by atoms with van der Waals surface area (Å²) in [4.78, 5) is 5.01. The van der Waals surface area contributed by atoms with Crippen LogP contribution >= 0.6 is 11.6 Å². The number of hydrogen-bond donors (Lipinski definition) is 1. The number of aromatic nitrogens is 2. The van der Waals surface area contributed by atoms with Crippen LogP contribution in [0.25, 0.3) is 0 Å². The minimum absolute atomic E-state index is 0.00296. The van der Waals surface area contributed by atoms with Crippen molar-refractivity contribution >= 4 is 23.3 Å². The van der Waals surface area contributed by atoms with Gasteiger partial charge in [0, 0.05) is 49.5 Å². The normalized spacial score (nSPS) is 24.8. The molecule has 2 N–H and O–H groups in total. The monoisotopic (exact) mass is 469 g/mol. The van der Waals surface area contributed by atoms with Gasteiger partial charge in [-0.05, 0) is 49.9 Å². The molecule has 0 radical (unpaired) electrons. The molecule has 3 aliphatic rings. The molecule has 9 heteroatoms. The predicted octanol–water partition coefficient (Wildman–Crippen LogP) is 2.91. The van der Waals surface area contributed by atoms with Crippen LogP contribution in [-0.2, 0) is 18.2 Å². The number of aryl methyl sites for hydroxylation is 2. The number of likely N-dealkylation sites (tertiary alicyclic amines) is 1. The molecule has 0 unspecified atom stereocenters. The SMILES string of the molecule is Cc1cc([C@H]2CN(C3CCN(C4=NN=C(N)C4)CC3)[C@@H](Cc3ccc(Cl)cc3)CO2)nn1C. The van der Waals surface area contributed by atoms with E-state index in [1.807, 2.05) is 23.9 Å². The molecule has 1 aromatic carbocycles. The van der Waals surface area contributed by atoms with Gasteiger partial charge >= 0.3 is 0 Å². The van der Waals surface area contributed by atoms with Crippen LogP contribution in [0.15, 0.2) is 40.5 Å². The lowest BCUT2D eigenvalue weighted by molar-refractivity contribution is -0.0885. The summed E-state index contributed by atoms with van der Waals surface area (Å²) < 4.78 is 8.30. The fourth-order valence-corrected chi connectivity index (χ4v) is 5.27. The standard InChI is InChI=1S/C24H32ClN7O/c1-16-11-21(29-30(16)2)22-14-32(20(15-33-22)12-17-3-5-18(25)6-4-17)19-7-9-31(10-8-19)24-13-23(26)27-28-24/h3-6,11,19-20,22H,7-10,12-15H2,1-2H3,(H2,26,27)/t20-,22+/m0/s1. The first-order valence-electron chi connectivity index (χ1n) is 11.7. The number of piperidine rings is 1. The molecule has 0 spiro atoms. The van der Waals surface area contributed by atoms with Gasteiger partial charge in [0.25, 0.3) is 0 Å². The topological polar surface area (TPSA) is 84.3 Å². The van der Waals surface area contributed by atoms with Crippen LogP contribution in [0, 0.1) is 6.92 Å². The summed E-state index contributed by atoms with van der Waals surface area (Å²) >= 11 is 6.11. The van der Waals surface area contributed by atoms with E-state index in [0.717, 1.165) is 61.1 Å². The Kier molecular flexibility index (Phi) is 6.40. The third kappa shape index (κ3) is 4.93. The second kappa shape index (κ2) is 9.44. The van der Waals surface area contributed by atoms with Crippen molar-refractivity contribution in [2.45, 2.75) is 50.8 Å². The summed E-state index contributed by atoms with van der Waals surface area (Å²) in [7, 11) is 1.99. The van der Waals surface area contributed by atoms with Crippen molar-refractivity contribution in [3.05, 3.63) is 52.3 Å². The molecule has 3 aliphatic heterocycles. The first-order valence-corrected chi connectivity index (χ1v) is 12.1. The first-order chi connectivity index (χ1) is 16.0. The van der Waals surface area contributed by atoms with Crippen molar-refractivity contribution < 1.29 is 4.74 Å². The number of hydrogen-bond acceptors (Lipinski definition) is 7. The zero-order chi connectivity index (χ0) is 22.9. The van der Waals surface area contributed by atoms with Gasteiger partial charge < -0.3 is 15.4 Å². The van der Waals surface area contributed by atoms with Crippen LogP contribution in [0.5, 0.6) is 0 Å². The number of morpholine rings is 1. The Morgan fingerprint density at radius 3 is 2.55 bits per heavy atom. The molecule has 1 aromatic heterocycles.